The Hall–Kier alpha value is -1.60. The smallest absolute Gasteiger partial charge is 0.266 e. The monoisotopic (exact) mass is 365 g/mol. The van der Waals surface area contributed by atoms with Crippen LogP contribution in [0.4, 0.5) is 5.13 Å². The Morgan fingerprint density at radius 3 is 2.54 bits per heavy atom. The highest BCUT2D eigenvalue weighted by atomic mass is 32.2. The number of ether oxygens (including phenoxy) is 1. The Morgan fingerprint density at radius 1 is 1.29 bits per heavy atom. The minimum absolute atomic E-state index is 0.0908. The Labute approximate surface area is 151 Å². The van der Waals surface area contributed by atoms with E-state index in [1.807, 2.05) is 31.2 Å². The van der Waals surface area contributed by atoms with E-state index in [2.05, 4.69) is 36.3 Å². The molecule has 0 saturated carbocycles. The summed E-state index contributed by atoms with van der Waals surface area (Å²) in [5.74, 6) is 1.36. The number of anilines is 1. The van der Waals surface area contributed by atoms with Gasteiger partial charge >= 0.3 is 0 Å². The lowest BCUT2D eigenvalue weighted by Crippen LogP contribution is -2.30. The highest BCUT2D eigenvalue weighted by Crippen LogP contribution is 2.26. The third-order valence-electron chi connectivity index (χ3n) is 3.31. The summed E-state index contributed by atoms with van der Waals surface area (Å²) in [5.41, 5.74) is 1.31. The number of nitrogens with zero attached hydrogens (tertiary/aromatic N) is 2. The summed E-state index contributed by atoms with van der Waals surface area (Å²) in [5, 5.41) is 11.2. The van der Waals surface area contributed by atoms with Crippen LogP contribution in [0.15, 0.2) is 28.6 Å². The number of thioether (sulfide) groups is 1. The second kappa shape index (κ2) is 7.98. The molecule has 0 aliphatic carbocycles. The maximum absolute atomic E-state index is 12.2. The molecule has 0 saturated heterocycles. The number of amides is 1. The van der Waals surface area contributed by atoms with Crippen molar-refractivity contribution in [1.82, 2.24) is 10.2 Å². The highest BCUT2D eigenvalue weighted by molar-refractivity contribution is 8.01. The van der Waals surface area contributed by atoms with E-state index in [9.17, 15) is 4.79 Å². The van der Waals surface area contributed by atoms with Crippen LogP contribution in [-0.2, 0) is 10.2 Å². The molecular formula is C17H23N3O2S2. The van der Waals surface area contributed by atoms with Gasteiger partial charge in [-0.1, -0.05) is 62.9 Å². The van der Waals surface area contributed by atoms with Crippen molar-refractivity contribution in [2.45, 2.75) is 50.5 Å². The molecule has 1 aromatic heterocycles. The Bertz CT molecular complexity index is 678. The molecule has 1 amide bonds. The van der Waals surface area contributed by atoms with E-state index in [0.717, 1.165) is 10.1 Å². The molecule has 2 aromatic rings. The minimum atomic E-state index is -0.614. The third-order valence-corrected chi connectivity index (χ3v) is 5.16. The predicted molar refractivity (Wildman–Crippen MR) is 100 cm³/mol. The number of rotatable bonds is 6. The van der Waals surface area contributed by atoms with E-state index in [4.69, 9.17) is 4.74 Å². The normalized spacial score (nSPS) is 12.7. The van der Waals surface area contributed by atoms with Gasteiger partial charge in [-0.2, -0.15) is 0 Å². The first kappa shape index (κ1) is 18.7. The number of benzene rings is 1. The molecule has 0 bridgehead atoms. The van der Waals surface area contributed by atoms with E-state index in [-0.39, 0.29) is 11.3 Å². The summed E-state index contributed by atoms with van der Waals surface area (Å²) in [6.45, 7) is 10.2. The lowest BCUT2D eigenvalue weighted by Gasteiger charge is -2.20. The molecule has 1 atom stereocenters. The molecule has 1 N–H and O–H groups in total. The van der Waals surface area contributed by atoms with Crippen LogP contribution < -0.4 is 10.1 Å². The van der Waals surface area contributed by atoms with Crippen molar-refractivity contribution in [2.24, 2.45) is 0 Å². The van der Waals surface area contributed by atoms with Crippen molar-refractivity contribution in [3.8, 4) is 5.75 Å². The van der Waals surface area contributed by atoms with Gasteiger partial charge in [0.25, 0.3) is 5.91 Å². The standard InChI is InChI=1S/C17H23N3O2S2/c1-6-23-16-20-19-15(24-16)18-14(21)11(2)22-13-9-7-12(8-10-13)17(3,4)5/h7-11H,6H2,1-5H3,(H,18,19,21)/t11-/m1/s1. The zero-order valence-corrected chi connectivity index (χ0v) is 16.3. The summed E-state index contributed by atoms with van der Waals surface area (Å²) >= 11 is 2.97. The summed E-state index contributed by atoms with van der Waals surface area (Å²) in [4.78, 5) is 12.2. The largest absolute Gasteiger partial charge is 0.481 e. The molecular weight excluding hydrogens is 342 g/mol. The van der Waals surface area contributed by atoms with E-state index in [1.165, 1.54) is 16.9 Å². The first-order chi connectivity index (χ1) is 11.3. The van der Waals surface area contributed by atoms with Crippen LogP contribution >= 0.6 is 23.1 Å². The minimum Gasteiger partial charge on any atom is -0.481 e. The second-order valence-electron chi connectivity index (χ2n) is 6.33. The van der Waals surface area contributed by atoms with Crippen LogP contribution in [0.25, 0.3) is 0 Å². The summed E-state index contributed by atoms with van der Waals surface area (Å²) in [6.07, 6.45) is -0.614. The molecule has 0 aliphatic heterocycles. The maximum atomic E-state index is 12.2. The molecule has 0 unspecified atom stereocenters. The lowest BCUT2D eigenvalue weighted by molar-refractivity contribution is -0.122. The molecule has 24 heavy (non-hydrogen) atoms. The van der Waals surface area contributed by atoms with Gasteiger partial charge in [0.1, 0.15) is 5.75 Å². The van der Waals surface area contributed by atoms with Crippen molar-refractivity contribution in [3.63, 3.8) is 0 Å². The van der Waals surface area contributed by atoms with Crippen LogP contribution in [0, 0.1) is 0 Å². The fourth-order valence-electron chi connectivity index (χ4n) is 1.94. The molecule has 0 aliphatic rings. The van der Waals surface area contributed by atoms with Crippen LogP contribution in [-0.4, -0.2) is 28.0 Å². The zero-order valence-electron chi connectivity index (χ0n) is 14.6. The topological polar surface area (TPSA) is 64.1 Å². The van der Waals surface area contributed by atoms with Gasteiger partial charge in [0.15, 0.2) is 10.4 Å². The number of nitrogens with one attached hydrogen (secondary N) is 1. The Balaban J connectivity index is 1.93. The van der Waals surface area contributed by atoms with Gasteiger partial charge in [-0.05, 0) is 35.8 Å². The summed E-state index contributed by atoms with van der Waals surface area (Å²) in [7, 11) is 0. The average Bonchev–Trinajstić information content (AvgIpc) is 2.94. The molecule has 1 aromatic carbocycles. The van der Waals surface area contributed by atoms with E-state index in [1.54, 1.807) is 18.7 Å². The van der Waals surface area contributed by atoms with Gasteiger partial charge in [-0.15, -0.1) is 10.2 Å². The van der Waals surface area contributed by atoms with Crippen LogP contribution in [0.2, 0.25) is 0 Å². The van der Waals surface area contributed by atoms with Gasteiger partial charge < -0.3 is 4.74 Å². The first-order valence-electron chi connectivity index (χ1n) is 7.84. The lowest BCUT2D eigenvalue weighted by atomic mass is 9.87. The zero-order chi connectivity index (χ0) is 17.7. The number of hydrogen-bond acceptors (Lipinski definition) is 6. The molecule has 0 spiro atoms. The quantitative estimate of drug-likeness (QED) is 0.609. The Morgan fingerprint density at radius 2 is 1.96 bits per heavy atom. The number of hydrogen-bond donors (Lipinski definition) is 1. The number of carbonyl (C=O) groups is 1. The molecule has 7 heteroatoms. The van der Waals surface area contributed by atoms with Crippen molar-refractivity contribution >= 4 is 34.1 Å². The molecule has 0 radical (unpaired) electrons. The van der Waals surface area contributed by atoms with Gasteiger partial charge in [-0.3, -0.25) is 10.1 Å². The van der Waals surface area contributed by atoms with Gasteiger partial charge in [0.05, 0.1) is 0 Å². The number of carbonyl (C=O) groups excluding carboxylic acids is 1. The first-order valence-corrected chi connectivity index (χ1v) is 9.64. The molecule has 1 heterocycles. The van der Waals surface area contributed by atoms with E-state index >= 15 is 0 Å². The molecule has 5 nitrogen and oxygen atoms in total. The van der Waals surface area contributed by atoms with Crippen LogP contribution in [0.1, 0.15) is 40.2 Å². The van der Waals surface area contributed by atoms with E-state index < -0.39 is 6.10 Å². The number of aromatic nitrogens is 2. The molecule has 0 fully saturated rings. The van der Waals surface area contributed by atoms with Crippen LogP contribution in [0.3, 0.4) is 0 Å². The van der Waals surface area contributed by atoms with Gasteiger partial charge in [-0.25, -0.2) is 0 Å². The van der Waals surface area contributed by atoms with Gasteiger partial charge in [0, 0.05) is 0 Å². The van der Waals surface area contributed by atoms with E-state index in [0.29, 0.717) is 10.9 Å². The van der Waals surface area contributed by atoms with Crippen LogP contribution in [0.5, 0.6) is 5.75 Å². The second-order valence-corrected chi connectivity index (χ2v) is 8.82. The van der Waals surface area contributed by atoms with Crippen molar-refractivity contribution in [2.75, 3.05) is 11.1 Å². The van der Waals surface area contributed by atoms with Crippen molar-refractivity contribution < 1.29 is 9.53 Å². The predicted octanol–water partition coefficient (Wildman–Crippen LogP) is 4.35. The van der Waals surface area contributed by atoms with Crippen molar-refractivity contribution in [3.05, 3.63) is 29.8 Å². The fraction of sp³-hybridized carbons (Fsp3) is 0.471. The molecule has 130 valence electrons. The van der Waals surface area contributed by atoms with Gasteiger partial charge in [0.2, 0.25) is 5.13 Å². The van der Waals surface area contributed by atoms with Crippen molar-refractivity contribution in [1.29, 1.82) is 0 Å². The summed E-state index contributed by atoms with van der Waals surface area (Å²) in [6, 6.07) is 7.84. The SMILES string of the molecule is CCSc1nnc(NC(=O)[C@@H](C)Oc2ccc(C(C)(C)C)cc2)s1. The highest BCUT2D eigenvalue weighted by Gasteiger charge is 2.18. The summed E-state index contributed by atoms with van der Waals surface area (Å²) < 4.78 is 6.56. The Kier molecular flexibility index (Phi) is 6.23. The maximum Gasteiger partial charge on any atom is 0.266 e. The molecule has 2 rings (SSSR count). The third kappa shape index (κ3) is 5.21. The fourth-order valence-corrected chi connectivity index (χ4v) is 3.59. The average molecular weight is 366 g/mol.